The first kappa shape index (κ1) is 16.8. The van der Waals surface area contributed by atoms with Crippen LogP contribution in [0.25, 0.3) is 10.4 Å². The van der Waals surface area contributed by atoms with Crippen LogP contribution in [0.5, 0.6) is 17.2 Å². The Kier molecular flexibility index (Phi) is 5.18. The lowest BCUT2D eigenvalue weighted by Crippen LogP contribution is -2.21. The number of hydrogen-bond acceptors (Lipinski definition) is 6. The van der Waals surface area contributed by atoms with Gasteiger partial charge in [0.1, 0.15) is 23.4 Å². The summed E-state index contributed by atoms with van der Waals surface area (Å²) in [5.41, 5.74) is 9.24. The topological polar surface area (TPSA) is 103 Å². The number of esters is 1. The molecule has 0 unspecified atom stereocenters. The maximum Gasteiger partial charge on any atom is 0.309 e. The van der Waals surface area contributed by atoms with Crippen LogP contribution >= 0.6 is 0 Å². The Balaban J connectivity index is 2.56. The van der Waals surface area contributed by atoms with Crippen molar-refractivity contribution in [1.29, 1.82) is 0 Å². The number of benzene rings is 1. The maximum absolute atomic E-state index is 12.0. The van der Waals surface area contributed by atoms with Gasteiger partial charge in [0.2, 0.25) is 0 Å². The molecular weight excluding hydrogens is 302 g/mol. The number of rotatable bonds is 6. The van der Waals surface area contributed by atoms with Gasteiger partial charge >= 0.3 is 5.97 Å². The highest BCUT2D eigenvalue weighted by Crippen LogP contribution is 2.47. The number of azide groups is 1. The highest BCUT2D eigenvalue weighted by Gasteiger charge is 2.45. The molecule has 124 valence electrons. The van der Waals surface area contributed by atoms with Crippen molar-refractivity contribution in [3.05, 3.63) is 28.1 Å². The summed E-state index contributed by atoms with van der Waals surface area (Å²) in [6, 6.07) is 3.44. The lowest BCUT2D eigenvalue weighted by atomic mass is 9.84. The molecule has 0 bridgehead atoms. The average molecular weight is 321 g/mol. The highest BCUT2D eigenvalue weighted by molar-refractivity contribution is 5.77. The number of carbonyl (C=O) groups excluding carboxylic acids is 1. The summed E-state index contributed by atoms with van der Waals surface area (Å²) in [4.78, 5) is 14.7. The van der Waals surface area contributed by atoms with Crippen molar-refractivity contribution in [3.63, 3.8) is 0 Å². The van der Waals surface area contributed by atoms with E-state index in [0.717, 1.165) is 0 Å². The van der Waals surface area contributed by atoms with Crippen molar-refractivity contribution in [1.82, 2.24) is 0 Å². The minimum Gasteiger partial charge on any atom is -0.496 e. The lowest BCUT2D eigenvalue weighted by Gasteiger charge is -2.23. The van der Waals surface area contributed by atoms with Gasteiger partial charge in [-0.3, -0.25) is 4.79 Å². The molecule has 1 saturated heterocycles. The van der Waals surface area contributed by atoms with Crippen LogP contribution in [0.3, 0.4) is 0 Å². The van der Waals surface area contributed by atoms with Crippen molar-refractivity contribution in [2.24, 2.45) is 11.0 Å². The molecule has 3 atom stereocenters. The molecule has 0 spiro atoms. The Morgan fingerprint density at radius 3 is 2.30 bits per heavy atom. The largest absolute Gasteiger partial charge is 0.496 e. The molecule has 0 saturated carbocycles. The summed E-state index contributed by atoms with van der Waals surface area (Å²) >= 11 is 0. The zero-order valence-electron chi connectivity index (χ0n) is 13.5. The highest BCUT2D eigenvalue weighted by atomic mass is 16.6. The summed E-state index contributed by atoms with van der Waals surface area (Å²) in [6.45, 7) is 1.82. The second-order valence-electron chi connectivity index (χ2n) is 5.15. The Labute approximate surface area is 133 Å². The fourth-order valence-corrected chi connectivity index (χ4v) is 2.86. The van der Waals surface area contributed by atoms with E-state index in [1.54, 1.807) is 26.2 Å². The fourth-order valence-electron chi connectivity index (χ4n) is 2.86. The smallest absolute Gasteiger partial charge is 0.309 e. The maximum atomic E-state index is 12.0. The van der Waals surface area contributed by atoms with Gasteiger partial charge < -0.3 is 18.9 Å². The molecule has 2 rings (SSSR count). The minimum atomic E-state index is -0.565. The third kappa shape index (κ3) is 3.12. The zero-order chi connectivity index (χ0) is 17.0. The van der Waals surface area contributed by atoms with Gasteiger partial charge in [-0.05, 0) is 5.53 Å². The standard InChI is InChI=1S/C15H19N3O5/c1-8-13(12(7-17-18-16)23-15(8)19)14-10(21-3)5-9(20-2)6-11(14)22-4/h5-6,8,12-13H,7H2,1-4H3/t8-,12+,13-/m0/s1. The molecule has 1 heterocycles. The number of carbonyl (C=O) groups is 1. The van der Waals surface area contributed by atoms with Crippen LogP contribution in [0, 0.1) is 5.92 Å². The van der Waals surface area contributed by atoms with Gasteiger partial charge in [-0.2, -0.15) is 0 Å². The molecule has 1 aliphatic rings. The van der Waals surface area contributed by atoms with Crippen LogP contribution in [-0.2, 0) is 9.53 Å². The summed E-state index contributed by atoms with van der Waals surface area (Å²) in [5, 5.41) is 3.54. The van der Waals surface area contributed by atoms with Crippen molar-refractivity contribution < 1.29 is 23.7 Å². The van der Waals surface area contributed by atoms with Crippen LogP contribution in [0.2, 0.25) is 0 Å². The Hall–Kier alpha value is -2.60. The Bertz CT molecular complexity index is 615. The van der Waals surface area contributed by atoms with Crippen molar-refractivity contribution >= 4 is 5.97 Å². The van der Waals surface area contributed by atoms with E-state index in [0.29, 0.717) is 22.8 Å². The lowest BCUT2D eigenvalue weighted by molar-refractivity contribution is -0.143. The molecule has 8 heteroatoms. The van der Waals surface area contributed by atoms with E-state index in [4.69, 9.17) is 24.5 Å². The first-order chi connectivity index (χ1) is 11.1. The third-order valence-electron chi connectivity index (χ3n) is 3.99. The van der Waals surface area contributed by atoms with Crippen LogP contribution in [0.4, 0.5) is 0 Å². The molecule has 0 amide bonds. The van der Waals surface area contributed by atoms with Gasteiger partial charge in [-0.1, -0.05) is 12.0 Å². The fraction of sp³-hybridized carbons (Fsp3) is 0.533. The molecule has 1 aromatic carbocycles. The summed E-state index contributed by atoms with van der Waals surface area (Å²) in [5.74, 6) is 0.540. The molecule has 8 nitrogen and oxygen atoms in total. The van der Waals surface area contributed by atoms with Gasteiger partial charge in [-0.25, -0.2) is 0 Å². The first-order valence-corrected chi connectivity index (χ1v) is 7.08. The van der Waals surface area contributed by atoms with E-state index in [1.165, 1.54) is 14.2 Å². The Morgan fingerprint density at radius 2 is 1.83 bits per heavy atom. The normalized spacial score (nSPS) is 23.0. The van der Waals surface area contributed by atoms with E-state index >= 15 is 0 Å². The van der Waals surface area contributed by atoms with E-state index < -0.39 is 12.0 Å². The van der Waals surface area contributed by atoms with Crippen LogP contribution in [-0.4, -0.2) is 39.9 Å². The van der Waals surface area contributed by atoms with Crippen LogP contribution < -0.4 is 14.2 Å². The van der Waals surface area contributed by atoms with Gasteiger partial charge in [0.15, 0.2) is 0 Å². The summed E-state index contributed by atoms with van der Waals surface area (Å²) in [6.07, 6.45) is -0.565. The molecule has 0 radical (unpaired) electrons. The second kappa shape index (κ2) is 7.11. The van der Waals surface area contributed by atoms with Crippen LogP contribution in [0.15, 0.2) is 17.2 Å². The van der Waals surface area contributed by atoms with E-state index in [9.17, 15) is 4.79 Å². The van der Waals surface area contributed by atoms with E-state index in [2.05, 4.69) is 10.0 Å². The predicted molar refractivity (Wildman–Crippen MR) is 81.9 cm³/mol. The number of ether oxygens (including phenoxy) is 4. The minimum absolute atomic E-state index is 0.0512. The molecule has 1 aliphatic heterocycles. The summed E-state index contributed by atoms with van der Waals surface area (Å²) in [7, 11) is 4.61. The monoisotopic (exact) mass is 321 g/mol. The molecule has 1 aromatic rings. The average Bonchev–Trinajstić information content (AvgIpc) is 2.85. The van der Waals surface area contributed by atoms with Gasteiger partial charge in [-0.15, -0.1) is 0 Å². The first-order valence-electron chi connectivity index (χ1n) is 7.08. The quantitative estimate of drug-likeness (QED) is 0.347. The van der Waals surface area contributed by atoms with Crippen molar-refractivity contribution in [2.45, 2.75) is 18.9 Å². The number of hydrogen-bond donors (Lipinski definition) is 0. The molecule has 0 aliphatic carbocycles. The van der Waals surface area contributed by atoms with Crippen LogP contribution in [0.1, 0.15) is 18.4 Å². The van der Waals surface area contributed by atoms with Gasteiger partial charge in [0.05, 0.1) is 33.8 Å². The Morgan fingerprint density at radius 1 is 1.22 bits per heavy atom. The summed E-state index contributed by atoms with van der Waals surface area (Å²) < 4.78 is 21.5. The zero-order valence-corrected chi connectivity index (χ0v) is 13.5. The predicted octanol–water partition coefficient (Wildman–Crippen LogP) is 2.67. The number of nitrogens with zero attached hydrogens (tertiary/aromatic N) is 3. The molecule has 23 heavy (non-hydrogen) atoms. The van der Waals surface area contributed by atoms with Crippen molar-refractivity contribution in [3.8, 4) is 17.2 Å². The molecule has 0 aromatic heterocycles. The van der Waals surface area contributed by atoms with Gasteiger partial charge in [0.25, 0.3) is 0 Å². The van der Waals surface area contributed by atoms with E-state index in [1.807, 2.05) is 0 Å². The van der Waals surface area contributed by atoms with Crippen molar-refractivity contribution in [2.75, 3.05) is 27.9 Å². The molecular formula is C15H19N3O5. The molecule has 0 N–H and O–H groups in total. The third-order valence-corrected chi connectivity index (χ3v) is 3.99. The second-order valence-corrected chi connectivity index (χ2v) is 5.15. The van der Waals surface area contributed by atoms with Gasteiger partial charge in [0, 0.05) is 28.5 Å². The molecule has 1 fully saturated rings. The SMILES string of the molecule is COc1cc(OC)c([C@H]2[C@H](C)C(=O)O[C@@H]2CN=[N+]=[N-])c(OC)c1. The number of cyclic esters (lactones) is 1. The van der Waals surface area contributed by atoms with E-state index in [-0.39, 0.29) is 18.4 Å². The number of methoxy groups -OCH3 is 3.